The molecule has 0 spiro atoms. The van der Waals surface area contributed by atoms with Crippen molar-refractivity contribution in [2.75, 3.05) is 7.05 Å². The van der Waals surface area contributed by atoms with Gasteiger partial charge in [0.25, 0.3) is 0 Å². The average Bonchev–Trinajstić information content (AvgIpc) is 2.92. The average molecular weight is 494 g/mol. The van der Waals surface area contributed by atoms with E-state index in [1.165, 1.54) is 11.1 Å². The van der Waals surface area contributed by atoms with Gasteiger partial charge in [0, 0.05) is 13.1 Å². The van der Waals surface area contributed by atoms with Crippen molar-refractivity contribution >= 4 is 12.4 Å². The molecule has 0 amide bonds. The molecule has 4 rings (SSSR count). The zero-order valence-electron chi connectivity index (χ0n) is 20.9. The maximum absolute atomic E-state index is 9.31. The van der Waals surface area contributed by atoms with Crippen LogP contribution in [-0.2, 0) is 36.0 Å². The molecule has 4 aromatic carbocycles. The smallest absolute Gasteiger partial charge is 0.142 e. The second kappa shape index (κ2) is 13.6. The molecule has 0 aliphatic heterocycles. The summed E-state index contributed by atoms with van der Waals surface area (Å²) in [5, 5.41) is 17.3. The molecule has 37 heavy (non-hydrogen) atoms. The van der Waals surface area contributed by atoms with Crippen LogP contribution < -0.4 is 0 Å². The summed E-state index contributed by atoms with van der Waals surface area (Å²) >= 11 is 0. The fourth-order valence-electron chi connectivity index (χ4n) is 3.68. The summed E-state index contributed by atoms with van der Waals surface area (Å²) in [4.78, 5) is 13.1. The first-order valence-corrected chi connectivity index (χ1v) is 12.1. The monoisotopic (exact) mass is 493 g/mol. The lowest BCUT2D eigenvalue weighted by molar-refractivity contribution is 0.132. The molecular formula is C31H31N3O3. The van der Waals surface area contributed by atoms with Crippen LogP contribution in [0, 0.1) is 0 Å². The molecule has 0 aliphatic carbocycles. The van der Waals surface area contributed by atoms with Gasteiger partial charge < -0.3 is 14.8 Å². The van der Waals surface area contributed by atoms with Gasteiger partial charge in [-0.05, 0) is 64.7 Å². The molecule has 0 bridgehead atoms. The number of phenolic OH excluding ortho intramolecular Hbond substituents is 1. The van der Waals surface area contributed by atoms with Crippen molar-refractivity contribution in [1.29, 1.82) is 0 Å². The van der Waals surface area contributed by atoms with Crippen LogP contribution in [0.3, 0.4) is 0 Å². The lowest BCUT2D eigenvalue weighted by Gasteiger charge is -2.17. The Labute approximate surface area is 218 Å². The van der Waals surface area contributed by atoms with E-state index in [2.05, 4.69) is 70.8 Å². The fraction of sp³-hybridized carbons (Fsp3) is 0.161. The third kappa shape index (κ3) is 8.94. The molecule has 1 N–H and O–H groups in total. The quantitative estimate of drug-likeness (QED) is 0.191. The standard InChI is InChI=1S/C31H31N3O3/c1-34(21-27-7-11-29(12-8-27)23-36-32-19-25-5-3-2-4-6-25)22-28-9-13-30(14-10-28)24-37-33-20-26-15-17-31(35)18-16-26/h2-20,35H,21-24H2,1H3/b32-19+,33-20+. The zero-order valence-corrected chi connectivity index (χ0v) is 20.9. The van der Waals surface area contributed by atoms with Crippen LogP contribution in [0.4, 0.5) is 0 Å². The Kier molecular flexibility index (Phi) is 9.44. The van der Waals surface area contributed by atoms with Gasteiger partial charge in [-0.1, -0.05) is 89.2 Å². The molecule has 188 valence electrons. The molecule has 0 unspecified atom stereocenters. The van der Waals surface area contributed by atoms with Crippen molar-refractivity contribution in [3.63, 3.8) is 0 Å². The van der Waals surface area contributed by atoms with Gasteiger partial charge in [-0.15, -0.1) is 0 Å². The highest BCUT2D eigenvalue weighted by Gasteiger charge is 2.04. The minimum atomic E-state index is 0.230. The van der Waals surface area contributed by atoms with E-state index in [0.717, 1.165) is 35.3 Å². The van der Waals surface area contributed by atoms with Crippen LogP contribution in [0.15, 0.2) is 113 Å². The summed E-state index contributed by atoms with van der Waals surface area (Å²) in [6.07, 6.45) is 3.35. The summed E-state index contributed by atoms with van der Waals surface area (Å²) in [5.41, 5.74) is 6.50. The van der Waals surface area contributed by atoms with E-state index < -0.39 is 0 Å². The number of aromatic hydroxyl groups is 1. The Balaban J connectivity index is 1.17. The number of oxime groups is 2. The van der Waals surface area contributed by atoms with Gasteiger partial charge in [-0.3, -0.25) is 4.90 Å². The lowest BCUT2D eigenvalue weighted by Crippen LogP contribution is -2.17. The van der Waals surface area contributed by atoms with E-state index >= 15 is 0 Å². The highest BCUT2D eigenvalue weighted by atomic mass is 16.6. The zero-order chi connectivity index (χ0) is 25.7. The van der Waals surface area contributed by atoms with Crippen molar-refractivity contribution in [2.45, 2.75) is 26.3 Å². The highest BCUT2D eigenvalue weighted by Crippen LogP contribution is 2.13. The maximum Gasteiger partial charge on any atom is 0.142 e. The highest BCUT2D eigenvalue weighted by molar-refractivity contribution is 5.79. The molecule has 0 atom stereocenters. The fourth-order valence-corrected chi connectivity index (χ4v) is 3.68. The molecule has 0 aliphatic rings. The molecule has 0 aromatic heterocycles. The summed E-state index contributed by atoms with van der Waals surface area (Å²) in [7, 11) is 2.12. The molecule has 6 heteroatoms. The second-order valence-electron chi connectivity index (χ2n) is 8.82. The lowest BCUT2D eigenvalue weighted by atomic mass is 10.1. The van der Waals surface area contributed by atoms with Gasteiger partial charge in [-0.25, -0.2) is 0 Å². The van der Waals surface area contributed by atoms with Crippen LogP contribution in [0.25, 0.3) is 0 Å². The van der Waals surface area contributed by atoms with E-state index in [0.29, 0.717) is 13.2 Å². The van der Waals surface area contributed by atoms with Crippen LogP contribution in [0.5, 0.6) is 5.75 Å². The SMILES string of the molecule is CN(Cc1ccc(CO/N=C/c2ccccc2)cc1)Cc1ccc(CO/N=C/c2ccc(O)cc2)cc1. The number of hydrogen-bond donors (Lipinski definition) is 1. The maximum atomic E-state index is 9.31. The number of rotatable bonds is 12. The minimum Gasteiger partial charge on any atom is -0.508 e. The van der Waals surface area contributed by atoms with Crippen LogP contribution in [0.2, 0.25) is 0 Å². The molecule has 0 saturated heterocycles. The van der Waals surface area contributed by atoms with Gasteiger partial charge in [0.1, 0.15) is 19.0 Å². The largest absolute Gasteiger partial charge is 0.508 e. The summed E-state index contributed by atoms with van der Waals surface area (Å²) < 4.78 is 0. The first-order valence-electron chi connectivity index (χ1n) is 12.1. The van der Waals surface area contributed by atoms with Crippen molar-refractivity contribution in [3.8, 4) is 5.75 Å². The third-order valence-electron chi connectivity index (χ3n) is 5.66. The molecule has 6 nitrogen and oxygen atoms in total. The van der Waals surface area contributed by atoms with E-state index in [-0.39, 0.29) is 5.75 Å². The summed E-state index contributed by atoms with van der Waals surface area (Å²) in [6.45, 7) is 2.54. The first kappa shape index (κ1) is 25.7. The van der Waals surface area contributed by atoms with Crippen LogP contribution >= 0.6 is 0 Å². The van der Waals surface area contributed by atoms with E-state index in [1.807, 2.05) is 30.3 Å². The van der Waals surface area contributed by atoms with Gasteiger partial charge in [0.2, 0.25) is 0 Å². The molecular weight excluding hydrogens is 462 g/mol. The predicted octanol–water partition coefficient (Wildman–Crippen LogP) is 6.13. The minimum absolute atomic E-state index is 0.230. The topological polar surface area (TPSA) is 66.7 Å². The molecule has 0 radical (unpaired) electrons. The molecule has 0 fully saturated rings. The Hall–Kier alpha value is -4.42. The van der Waals surface area contributed by atoms with Crippen molar-refractivity contribution < 1.29 is 14.8 Å². The molecule has 0 heterocycles. The number of phenols is 1. The summed E-state index contributed by atoms with van der Waals surface area (Å²) in [6, 6.07) is 33.5. The second-order valence-corrected chi connectivity index (χ2v) is 8.82. The van der Waals surface area contributed by atoms with Gasteiger partial charge in [0.05, 0.1) is 12.4 Å². The van der Waals surface area contributed by atoms with Crippen molar-refractivity contribution in [3.05, 3.63) is 137 Å². The van der Waals surface area contributed by atoms with E-state index in [4.69, 9.17) is 9.68 Å². The molecule has 0 saturated carbocycles. The summed E-state index contributed by atoms with van der Waals surface area (Å²) in [5.74, 6) is 0.230. The third-order valence-corrected chi connectivity index (χ3v) is 5.66. The number of nitrogens with zero attached hydrogens (tertiary/aromatic N) is 3. The first-order chi connectivity index (χ1) is 18.1. The number of benzene rings is 4. The Morgan fingerprint density at radius 2 is 1.03 bits per heavy atom. The van der Waals surface area contributed by atoms with E-state index in [9.17, 15) is 5.11 Å². The van der Waals surface area contributed by atoms with Gasteiger partial charge in [-0.2, -0.15) is 0 Å². The van der Waals surface area contributed by atoms with Crippen LogP contribution in [0.1, 0.15) is 33.4 Å². The normalized spacial score (nSPS) is 11.4. The Morgan fingerprint density at radius 3 is 1.51 bits per heavy atom. The van der Waals surface area contributed by atoms with Gasteiger partial charge >= 0.3 is 0 Å². The predicted molar refractivity (Wildman–Crippen MR) is 147 cm³/mol. The van der Waals surface area contributed by atoms with Crippen molar-refractivity contribution in [1.82, 2.24) is 4.90 Å². The number of hydrogen-bond acceptors (Lipinski definition) is 6. The Morgan fingerprint density at radius 1 is 0.595 bits per heavy atom. The van der Waals surface area contributed by atoms with E-state index in [1.54, 1.807) is 36.7 Å². The van der Waals surface area contributed by atoms with Gasteiger partial charge in [0.15, 0.2) is 0 Å². The Bertz CT molecular complexity index is 1270. The van der Waals surface area contributed by atoms with Crippen LogP contribution in [-0.4, -0.2) is 29.5 Å². The molecule has 4 aromatic rings. The van der Waals surface area contributed by atoms with Crippen molar-refractivity contribution in [2.24, 2.45) is 10.3 Å².